The lowest BCUT2D eigenvalue weighted by molar-refractivity contribution is 0.102. The highest BCUT2D eigenvalue weighted by Crippen LogP contribution is 2.29. The summed E-state index contributed by atoms with van der Waals surface area (Å²) in [6.07, 6.45) is 1.69. The molecule has 4 rings (SSSR count). The van der Waals surface area contributed by atoms with Crippen LogP contribution in [0.3, 0.4) is 0 Å². The van der Waals surface area contributed by atoms with Crippen LogP contribution in [0.2, 0.25) is 0 Å². The Morgan fingerprint density at radius 1 is 0.966 bits per heavy atom. The molecule has 29 heavy (non-hydrogen) atoms. The molecule has 6 nitrogen and oxygen atoms in total. The van der Waals surface area contributed by atoms with E-state index in [1.807, 2.05) is 60.7 Å². The van der Waals surface area contributed by atoms with Gasteiger partial charge in [0.1, 0.15) is 11.6 Å². The molecule has 1 aromatic heterocycles. The molecule has 1 saturated heterocycles. The van der Waals surface area contributed by atoms with Gasteiger partial charge in [0.25, 0.3) is 5.91 Å². The SMILES string of the molecule is CN1CCN(c2cc(C(=O)Nc3ccccc3Oc3ccccc3)ccn2)CC1. The summed E-state index contributed by atoms with van der Waals surface area (Å²) in [7, 11) is 2.11. The Labute approximate surface area is 170 Å². The van der Waals surface area contributed by atoms with Gasteiger partial charge < -0.3 is 19.9 Å². The molecule has 1 aliphatic heterocycles. The first kappa shape index (κ1) is 19.0. The Hall–Kier alpha value is -3.38. The zero-order valence-electron chi connectivity index (χ0n) is 16.4. The summed E-state index contributed by atoms with van der Waals surface area (Å²) >= 11 is 0. The van der Waals surface area contributed by atoms with Crippen molar-refractivity contribution in [3.05, 3.63) is 78.5 Å². The molecule has 148 valence electrons. The zero-order valence-corrected chi connectivity index (χ0v) is 16.4. The fraction of sp³-hybridized carbons (Fsp3) is 0.217. The number of hydrogen-bond donors (Lipinski definition) is 1. The summed E-state index contributed by atoms with van der Waals surface area (Å²) in [5.41, 5.74) is 1.20. The van der Waals surface area contributed by atoms with E-state index in [9.17, 15) is 4.79 Å². The van der Waals surface area contributed by atoms with Crippen LogP contribution < -0.4 is 15.0 Å². The smallest absolute Gasteiger partial charge is 0.255 e. The molecule has 6 heteroatoms. The van der Waals surface area contributed by atoms with Crippen LogP contribution in [-0.4, -0.2) is 49.0 Å². The molecule has 0 atom stereocenters. The van der Waals surface area contributed by atoms with Gasteiger partial charge in [0.2, 0.25) is 0 Å². The Morgan fingerprint density at radius 2 is 1.69 bits per heavy atom. The number of carbonyl (C=O) groups excluding carboxylic acids is 1. The average Bonchev–Trinajstić information content (AvgIpc) is 2.76. The Bertz CT molecular complexity index is 969. The molecule has 0 bridgehead atoms. The number of amides is 1. The lowest BCUT2D eigenvalue weighted by atomic mass is 10.2. The Morgan fingerprint density at radius 3 is 2.48 bits per heavy atom. The molecule has 0 saturated carbocycles. The number of nitrogens with zero attached hydrogens (tertiary/aromatic N) is 3. The number of carbonyl (C=O) groups is 1. The standard InChI is InChI=1S/C23H24N4O2/c1-26-13-15-27(16-14-26)22-17-18(11-12-24-22)23(28)25-20-9-5-6-10-21(20)29-19-7-3-2-4-8-19/h2-12,17H,13-16H2,1H3,(H,25,28). The van der Waals surface area contributed by atoms with Crippen molar-refractivity contribution in [2.24, 2.45) is 0 Å². The number of pyridine rings is 1. The van der Waals surface area contributed by atoms with E-state index in [1.54, 1.807) is 12.3 Å². The summed E-state index contributed by atoms with van der Waals surface area (Å²) in [5.74, 6) is 1.96. The van der Waals surface area contributed by atoms with E-state index in [2.05, 4.69) is 27.1 Å². The van der Waals surface area contributed by atoms with Crippen LogP contribution in [-0.2, 0) is 0 Å². The number of rotatable bonds is 5. The van der Waals surface area contributed by atoms with Crippen molar-refractivity contribution in [1.29, 1.82) is 0 Å². The van der Waals surface area contributed by atoms with Crippen molar-refractivity contribution in [3.63, 3.8) is 0 Å². The lowest BCUT2D eigenvalue weighted by Gasteiger charge is -2.33. The number of hydrogen-bond acceptors (Lipinski definition) is 5. The van der Waals surface area contributed by atoms with E-state index in [4.69, 9.17) is 4.74 Å². The topological polar surface area (TPSA) is 57.7 Å². The van der Waals surface area contributed by atoms with Gasteiger partial charge in [-0.25, -0.2) is 4.98 Å². The molecule has 1 amide bonds. The first-order valence-corrected chi connectivity index (χ1v) is 9.72. The minimum atomic E-state index is -0.188. The summed E-state index contributed by atoms with van der Waals surface area (Å²) in [5, 5.41) is 2.97. The third-order valence-electron chi connectivity index (χ3n) is 4.94. The molecule has 1 N–H and O–H groups in total. The molecule has 0 spiro atoms. The number of likely N-dealkylation sites (N-methyl/N-ethyl adjacent to an activating group) is 1. The minimum Gasteiger partial charge on any atom is -0.455 e. The molecule has 3 aromatic rings. The van der Waals surface area contributed by atoms with E-state index in [-0.39, 0.29) is 5.91 Å². The maximum atomic E-state index is 12.9. The van der Waals surface area contributed by atoms with E-state index in [0.717, 1.165) is 37.7 Å². The molecule has 0 radical (unpaired) electrons. The first-order valence-electron chi connectivity index (χ1n) is 9.72. The minimum absolute atomic E-state index is 0.188. The van der Waals surface area contributed by atoms with Crippen molar-refractivity contribution in [3.8, 4) is 11.5 Å². The maximum Gasteiger partial charge on any atom is 0.255 e. The highest BCUT2D eigenvalue weighted by Gasteiger charge is 2.17. The molecule has 0 unspecified atom stereocenters. The molecule has 2 aromatic carbocycles. The van der Waals surface area contributed by atoms with Crippen molar-refractivity contribution in [2.45, 2.75) is 0 Å². The van der Waals surface area contributed by atoms with Gasteiger partial charge in [-0.15, -0.1) is 0 Å². The number of nitrogens with one attached hydrogen (secondary N) is 1. The fourth-order valence-electron chi connectivity index (χ4n) is 3.24. The van der Waals surface area contributed by atoms with Crippen LogP contribution in [0.1, 0.15) is 10.4 Å². The highest BCUT2D eigenvalue weighted by atomic mass is 16.5. The molecule has 2 heterocycles. The Balaban J connectivity index is 1.49. The second-order valence-electron chi connectivity index (χ2n) is 7.06. The monoisotopic (exact) mass is 388 g/mol. The van der Waals surface area contributed by atoms with Gasteiger partial charge in [0, 0.05) is 37.9 Å². The summed E-state index contributed by atoms with van der Waals surface area (Å²) in [4.78, 5) is 21.8. The molecular formula is C23H24N4O2. The van der Waals surface area contributed by atoms with Crippen LogP contribution in [0.15, 0.2) is 72.9 Å². The molecular weight excluding hydrogens is 364 g/mol. The zero-order chi connectivity index (χ0) is 20.1. The van der Waals surface area contributed by atoms with Crippen LogP contribution >= 0.6 is 0 Å². The number of piperazine rings is 1. The van der Waals surface area contributed by atoms with Gasteiger partial charge in [0.05, 0.1) is 5.69 Å². The third kappa shape index (κ3) is 4.73. The van der Waals surface area contributed by atoms with E-state index in [1.165, 1.54) is 0 Å². The van der Waals surface area contributed by atoms with Crippen molar-refractivity contribution < 1.29 is 9.53 Å². The van der Waals surface area contributed by atoms with Crippen LogP contribution in [0.25, 0.3) is 0 Å². The quantitative estimate of drug-likeness (QED) is 0.719. The molecule has 1 fully saturated rings. The van der Waals surface area contributed by atoms with Gasteiger partial charge in [0.15, 0.2) is 5.75 Å². The number of aromatic nitrogens is 1. The van der Waals surface area contributed by atoms with Crippen LogP contribution in [0.5, 0.6) is 11.5 Å². The molecule has 1 aliphatic rings. The average molecular weight is 388 g/mol. The Kier molecular flexibility index (Phi) is 5.72. The van der Waals surface area contributed by atoms with Crippen LogP contribution in [0, 0.1) is 0 Å². The van der Waals surface area contributed by atoms with Crippen LogP contribution in [0.4, 0.5) is 11.5 Å². The lowest BCUT2D eigenvalue weighted by Crippen LogP contribution is -2.44. The third-order valence-corrected chi connectivity index (χ3v) is 4.94. The van der Waals surface area contributed by atoms with E-state index < -0.39 is 0 Å². The fourth-order valence-corrected chi connectivity index (χ4v) is 3.24. The number of anilines is 2. The second-order valence-corrected chi connectivity index (χ2v) is 7.06. The highest BCUT2D eigenvalue weighted by molar-refractivity contribution is 6.05. The number of benzene rings is 2. The van der Waals surface area contributed by atoms with Gasteiger partial charge in [-0.2, -0.15) is 0 Å². The molecule has 0 aliphatic carbocycles. The largest absolute Gasteiger partial charge is 0.455 e. The maximum absolute atomic E-state index is 12.9. The van der Waals surface area contributed by atoms with Gasteiger partial charge in [-0.05, 0) is 43.4 Å². The van der Waals surface area contributed by atoms with Crippen molar-refractivity contribution in [1.82, 2.24) is 9.88 Å². The first-order chi connectivity index (χ1) is 14.2. The van der Waals surface area contributed by atoms with Crippen molar-refractivity contribution in [2.75, 3.05) is 43.4 Å². The summed E-state index contributed by atoms with van der Waals surface area (Å²) in [6, 6.07) is 20.5. The van der Waals surface area contributed by atoms with Gasteiger partial charge in [-0.3, -0.25) is 4.79 Å². The van der Waals surface area contributed by atoms with E-state index in [0.29, 0.717) is 17.0 Å². The predicted octanol–water partition coefficient (Wildman–Crippen LogP) is 3.88. The number of ether oxygens (including phenoxy) is 1. The van der Waals surface area contributed by atoms with Gasteiger partial charge in [-0.1, -0.05) is 30.3 Å². The normalized spacial score (nSPS) is 14.4. The van der Waals surface area contributed by atoms with E-state index >= 15 is 0 Å². The summed E-state index contributed by atoms with van der Waals surface area (Å²) in [6.45, 7) is 3.79. The predicted molar refractivity (Wildman–Crippen MR) is 115 cm³/mol. The van der Waals surface area contributed by atoms with Gasteiger partial charge >= 0.3 is 0 Å². The van der Waals surface area contributed by atoms with Crippen molar-refractivity contribution >= 4 is 17.4 Å². The number of para-hydroxylation sites is 3. The summed E-state index contributed by atoms with van der Waals surface area (Å²) < 4.78 is 5.94. The second kappa shape index (κ2) is 8.75.